The predicted molar refractivity (Wildman–Crippen MR) is 133 cm³/mol. The third kappa shape index (κ3) is 5.63. The van der Waals surface area contributed by atoms with Crippen molar-refractivity contribution in [3.05, 3.63) is 69.9 Å². The Morgan fingerprint density at radius 1 is 1.14 bits per heavy atom. The number of ether oxygens (including phenoxy) is 1. The van der Waals surface area contributed by atoms with E-state index in [9.17, 15) is 18.3 Å². The summed E-state index contributed by atoms with van der Waals surface area (Å²) in [7, 11) is -4.15. The topological polar surface area (TPSA) is 118 Å². The van der Waals surface area contributed by atoms with E-state index in [0.29, 0.717) is 17.2 Å². The van der Waals surface area contributed by atoms with Crippen LogP contribution in [-0.2, 0) is 21.2 Å². The van der Waals surface area contributed by atoms with Gasteiger partial charge in [-0.3, -0.25) is 0 Å². The summed E-state index contributed by atoms with van der Waals surface area (Å²) in [6.07, 6.45) is 2.82. The van der Waals surface area contributed by atoms with Gasteiger partial charge in [-0.1, -0.05) is 35.9 Å². The molecule has 2 N–H and O–H groups in total. The van der Waals surface area contributed by atoms with Gasteiger partial charge in [0.1, 0.15) is 5.15 Å². The number of benzene rings is 2. The number of halogens is 1. The summed E-state index contributed by atoms with van der Waals surface area (Å²) in [6, 6.07) is 11.1. The molecule has 0 amide bonds. The van der Waals surface area contributed by atoms with Crippen LogP contribution >= 0.6 is 11.6 Å². The minimum atomic E-state index is -4.15. The van der Waals surface area contributed by atoms with Crippen LogP contribution < -0.4 is 4.72 Å². The zero-order valence-corrected chi connectivity index (χ0v) is 21.0. The van der Waals surface area contributed by atoms with E-state index < -0.39 is 16.0 Å². The maximum Gasteiger partial charge on any atom is 0.335 e. The van der Waals surface area contributed by atoms with Gasteiger partial charge in [0, 0.05) is 24.3 Å². The molecule has 0 spiro atoms. The third-order valence-corrected chi connectivity index (χ3v) is 7.84. The van der Waals surface area contributed by atoms with Crippen molar-refractivity contribution < 1.29 is 23.1 Å². The van der Waals surface area contributed by atoms with E-state index in [4.69, 9.17) is 16.3 Å². The molecule has 10 heteroatoms. The van der Waals surface area contributed by atoms with E-state index in [-0.39, 0.29) is 21.6 Å². The zero-order valence-electron chi connectivity index (χ0n) is 19.4. The second-order valence-corrected chi connectivity index (χ2v) is 10.7. The molecule has 184 valence electrons. The summed E-state index contributed by atoms with van der Waals surface area (Å²) in [5.41, 5.74) is 4.07. The number of aryl methyl sites for hydroxylation is 1. The first-order valence-electron chi connectivity index (χ1n) is 11.2. The van der Waals surface area contributed by atoms with Crippen molar-refractivity contribution in [3.63, 3.8) is 0 Å². The summed E-state index contributed by atoms with van der Waals surface area (Å²) in [4.78, 5) is 19.7. The number of rotatable bonds is 7. The summed E-state index contributed by atoms with van der Waals surface area (Å²) >= 11 is 6.43. The Bertz CT molecular complexity index is 1370. The minimum Gasteiger partial charge on any atom is -0.478 e. The monoisotopic (exact) mass is 515 g/mol. The first kappa shape index (κ1) is 25.1. The predicted octanol–water partition coefficient (Wildman–Crippen LogP) is 4.88. The smallest absolute Gasteiger partial charge is 0.335 e. The van der Waals surface area contributed by atoms with E-state index >= 15 is 0 Å². The fourth-order valence-corrected chi connectivity index (χ4v) is 5.41. The molecule has 1 aromatic heterocycles. The van der Waals surface area contributed by atoms with Gasteiger partial charge in [0.15, 0.2) is 0 Å². The van der Waals surface area contributed by atoms with Crippen molar-refractivity contribution in [2.45, 2.75) is 38.0 Å². The molecule has 0 atom stereocenters. The molecule has 0 unspecified atom stereocenters. The summed E-state index contributed by atoms with van der Waals surface area (Å²) in [6.45, 7) is 5.29. The summed E-state index contributed by atoms with van der Waals surface area (Å²) in [5, 5.41) is 9.33. The lowest BCUT2D eigenvalue weighted by Crippen LogP contribution is -2.18. The van der Waals surface area contributed by atoms with Gasteiger partial charge in [-0.15, -0.1) is 0 Å². The number of carboxylic acid groups (broad SMARTS) is 1. The van der Waals surface area contributed by atoms with E-state index in [0.717, 1.165) is 55.2 Å². The molecule has 2 aromatic carbocycles. The maximum atomic E-state index is 13.0. The molecule has 35 heavy (non-hydrogen) atoms. The number of sulfonamides is 1. The molecule has 0 radical (unpaired) electrons. The Morgan fingerprint density at radius 3 is 2.57 bits per heavy atom. The Labute approximate surface area is 209 Å². The summed E-state index contributed by atoms with van der Waals surface area (Å²) < 4.78 is 33.8. The normalized spacial score (nSPS) is 14.6. The van der Waals surface area contributed by atoms with Crippen LogP contribution in [0.5, 0.6) is 0 Å². The van der Waals surface area contributed by atoms with Crippen LogP contribution in [-0.4, -0.2) is 42.7 Å². The lowest BCUT2D eigenvalue weighted by atomic mass is 9.87. The van der Waals surface area contributed by atoms with Crippen molar-refractivity contribution >= 4 is 33.5 Å². The van der Waals surface area contributed by atoms with Gasteiger partial charge in [-0.2, -0.15) is 4.98 Å². The van der Waals surface area contributed by atoms with Crippen molar-refractivity contribution in [2.75, 3.05) is 17.9 Å². The molecule has 2 heterocycles. The van der Waals surface area contributed by atoms with E-state index in [2.05, 4.69) is 20.8 Å². The number of carbonyl (C=O) groups is 1. The first-order valence-corrected chi connectivity index (χ1v) is 13.1. The SMILES string of the molecule is Cc1cccc(CC2CCOCC2)c1-c1nc(NS(=O)(=O)c2cccc(C(=O)O)c2)nc(Cl)c1C. The Balaban J connectivity index is 1.73. The fourth-order valence-electron chi connectivity index (χ4n) is 4.25. The maximum absolute atomic E-state index is 13.0. The van der Waals surface area contributed by atoms with Gasteiger partial charge >= 0.3 is 5.97 Å². The van der Waals surface area contributed by atoms with Crippen LogP contribution in [0.15, 0.2) is 47.4 Å². The van der Waals surface area contributed by atoms with Crippen molar-refractivity contribution in [1.29, 1.82) is 0 Å². The average molecular weight is 516 g/mol. The van der Waals surface area contributed by atoms with Gasteiger partial charge in [-0.25, -0.2) is 22.9 Å². The van der Waals surface area contributed by atoms with E-state index in [1.54, 1.807) is 6.92 Å². The Hall–Kier alpha value is -3.01. The standard InChI is InChI=1S/C25H26ClN3O5S/c1-15-5-3-6-18(13-17-9-11-34-12-10-17)21(15)22-16(2)23(26)28-25(27-22)29-35(32,33)20-8-4-7-19(14-20)24(30)31/h3-8,14,17H,9-13H2,1-2H3,(H,30,31)(H,27,28,29). The number of anilines is 1. The fraction of sp³-hybridized carbons (Fsp3) is 0.320. The third-order valence-electron chi connectivity index (χ3n) is 6.15. The van der Waals surface area contributed by atoms with Crippen LogP contribution in [0.2, 0.25) is 5.15 Å². The highest BCUT2D eigenvalue weighted by atomic mass is 35.5. The number of nitrogens with zero attached hydrogens (tertiary/aromatic N) is 2. The highest BCUT2D eigenvalue weighted by Gasteiger charge is 2.23. The number of hydrogen-bond donors (Lipinski definition) is 2. The highest BCUT2D eigenvalue weighted by Crippen LogP contribution is 2.34. The average Bonchev–Trinajstić information content (AvgIpc) is 2.82. The quantitative estimate of drug-likeness (QED) is 0.430. The molecule has 4 rings (SSSR count). The van der Waals surface area contributed by atoms with Crippen molar-refractivity contribution in [2.24, 2.45) is 5.92 Å². The molecular weight excluding hydrogens is 490 g/mol. The Kier molecular flexibility index (Phi) is 7.39. The second-order valence-electron chi connectivity index (χ2n) is 8.62. The number of aromatic carboxylic acids is 1. The summed E-state index contributed by atoms with van der Waals surface area (Å²) in [5.74, 6) is -0.923. The van der Waals surface area contributed by atoms with Crippen molar-refractivity contribution in [3.8, 4) is 11.3 Å². The molecule has 3 aromatic rings. The van der Waals surface area contributed by atoms with Gasteiger partial charge < -0.3 is 9.84 Å². The largest absolute Gasteiger partial charge is 0.478 e. The molecular formula is C25H26ClN3O5S. The van der Waals surface area contributed by atoms with Crippen LogP contribution in [0.4, 0.5) is 5.95 Å². The van der Waals surface area contributed by atoms with Crippen LogP contribution in [0.3, 0.4) is 0 Å². The lowest BCUT2D eigenvalue weighted by molar-refractivity contribution is 0.0665. The molecule has 0 saturated carbocycles. The number of carboxylic acids is 1. The van der Waals surface area contributed by atoms with Crippen LogP contribution in [0.1, 0.15) is 39.9 Å². The molecule has 0 bridgehead atoms. The highest BCUT2D eigenvalue weighted by molar-refractivity contribution is 7.92. The molecule has 1 aliphatic rings. The van der Waals surface area contributed by atoms with E-state index in [1.165, 1.54) is 18.2 Å². The number of hydrogen-bond acceptors (Lipinski definition) is 6. The van der Waals surface area contributed by atoms with Gasteiger partial charge in [-0.05, 0) is 68.4 Å². The zero-order chi connectivity index (χ0) is 25.2. The molecule has 0 aliphatic carbocycles. The minimum absolute atomic E-state index is 0.132. The van der Waals surface area contributed by atoms with Gasteiger partial charge in [0.05, 0.1) is 16.2 Å². The first-order chi connectivity index (χ1) is 16.7. The second kappa shape index (κ2) is 10.3. The Morgan fingerprint density at radius 2 is 1.86 bits per heavy atom. The number of nitrogens with one attached hydrogen (secondary N) is 1. The van der Waals surface area contributed by atoms with Gasteiger partial charge in [0.2, 0.25) is 5.95 Å². The van der Waals surface area contributed by atoms with Gasteiger partial charge in [0.25, 0.3) is 10.0 Å². The molecule has 8 nitrogen and oxygen atoms in total. The van der Waals surface area contributed by atoms with Crippen LogP contribution in [0, 0.1) is 19.8 Å². The van der Waals surface area contributed by atoms with E-state index in [1.807, 2.05) is 19.1 Å². The van der Waals surface area contributed by atoms with Crippen molar-refractivity contribution in [1.82, 2.24) is 9.97 Å². The molecule has 1 fully saturated rings. The lowest BCUT2D eigenvalue weighted by Gasteiger charge is -2.24. The molecule has 1 saturated heterocycles. The van der Waals surface area contributed by atoms with Crippen LogP contribution in [0.25, 0.3) is 11.3 Å². The molecule has 1 aliphatic heterocycles. The number of aromatic nitrogens is 2.